The molecule has 1 heterocycles. The summed E-state index contributed by atoms with van der Waals surface area (Å²) in [4.78, 5) is 39.1. The van der Waals surface area contributed by atoms with E-state index in [0.717, 1.165) is 16.0 Å². The highest BCUT2D eigenvalue weighted by Gasteiger charge is 2.39. The molecule has 0 unspecified atom stereocenters. The number of anilines is 3. The first-order chi connectivity index (χ1) is 15.7. The number of rotatable bonds is 5. The predicted octanol–water partition coefficient (Wildman–Crippen LogP) is 4.70. The van der Waals surface area contributed by atoms with Crippen LogP contribution in [0.4, 0.5) is 17.1 Å². The van der Waals surface area contributed by atoms with E-state index in [9.17, 15) is 19.5 Å². The molecular formula is C25H20ClN3O4. The summed E-state index contributed by atoms with van der Waals surface area (Å²) in [6.07, 6.45) is 0. The Morgan fingerprint density at radius 3 is 2.18 bits per heavy atom. The van der Waals surface area contributed by atoms with Crippen molar-refractivity contribution in [3.63, 3.8) is 0 Å². The standard InChI is InChI=1S/C25H20ClN3O4/c1-14-10-15(2)12-19(11-14)29-24(32)21(26)22(25(29)33)27-17-8-6-16(7-9-17)23(31)28-18-4-3-5-20(30)13-18/h3-13,27,30H,1-2H3,(H,28,31). The molecule has 0 fully saturated rings. The molecule has 33 heavy (non-hydrogen) atoms. The van der Waals surface area contributed by atoms with Crippen LogP contribution in [0, 0.1) is 13.8 Å². The van der Waals surface area contributed by atoms with E-state index in [1.165, 1.54) is 12.1 Å². The second-order valence-electron chi connectivity index (χ2n) is 7.69. The van der Waals surface area contributed by atoms with Crippen molar-refractivity contribution in [3.8, 4) is 5.75 Å². The first-order valence-electron chi connectivity index (χ1n) is 10.1. The zero-order valence-corrected chi connectivity index (χ0v) is 18.6. The van der Waals surface area contributed by atoms with Crippen molar-refractivity contribution in [1.29, 1.82) is 0 Å². The number of phenolic OH excluding ortho intramolecular Hbond substituents is 1. The third-order valence-corrected chi connectivity index (χ3v) is 5.36. The lowest BCUT2D eigenvalue weighted by Crippen LogP contribution is -2.32. The summed E-state index contributed by atoms with van der Waals surface area (Å²) in [6, 6.07) is 18.0. The molecule has 1 aliphatic rings. The smallest absolute Gasteiger partial charge is 0.283 e. The van der Waals surface area contributed by atoms with Crippen LogP contribution in [0.1, 0.15) is 21.5 Å². The lowest BCUT2D eigenvalue weighted by Gasteiger charge is -2.16. The van der Waals surface area contributed by atoms with Crippen LogP contribution in [0.5, 0.6) is 5.75 Å². The molecule has 0 aliphatic carbocycles. The third-order valence-electron chi connectivity index (χ3n) is 5.01. The van der Waals surface area contributed by atoms with Crippen LogP contribution in [-0.2, 0) is 9.59 Å². The van der Waals surface area contributed by atoms with Crippen LogP contribution < -0.4 is 15.5 Å². The molecule has 0 bridgehead atoms. The predicted molar refractivity (Wildman–Crippen MR) is 127 cm³/mol. The Morgan fingerprint density at radius 1 is 0.879 bits per heavy atom. The van der Waals surface area contributed by atoms with Gasteiger partial charge in [-0.1, -0.05) is 23.7 Å². The first kappa shape index (κ1) is 22.1. The summed E-state index contributed by atoms with van der Waals surface area (Å²) >= 11 is 6.20. The van der Waals surface area contributed by atoms with E-state index in [0.29, 0.717) is 22.6 Å². The Kier molecular flexibility index (Phi) is 5.89. The van der Waals surface area contributed by atoms with Gasteiger partial charge in [0.05, 0.1) is 5.69 Å². The number of amides is 3. The van der Waals surface area contributed by atoms with Crippen LogP contribution in [0.3, 0.4) is 0 Å². The molecule has 0 saturated heterocycles. The summed E-state index contributed by atoms with van der Waals surface area (Å²) in [7, 11) is 0. The van der Waals surface area contributed by atoms with Crippen molar-refractivity contribution in [1.82, 2.24) is 0 Å². The molecule has 0 atom stereocenters. The number of hydrogen-bond acceptors (Lipinski definition) is 5. The monoisotopic (exact) mass is 461 g/mol. The number of hydrogen-bond donors (Lipinski definition) is 3. The molecular weight excluding hydrogens is 442 g/mol. The summed E-state index contributed by atoms with van der Waals surface area (Å²) in [5, 5.41) is 14.9. The number of aromatic hydroxyl groups is 1. The van der Waals surface area contributed by atoms with Crippen LogP contribution in [0.25, 0.3) is 0 Å². The molecule has 4 rings (SSSR count). The highest BCUT2D eigenvalue weighted by atomic mass is 35.5. The molecule has 166 valence electrons. The van der Waals surface area contributed by atoms with Crippen LogP contribution in [0.15, 0.2) is 77.5 Å². The van der Waals surface area contributed by atoms with E-state index in [2.05, 4.69) is 10.6 Å². The maximum atomic E-state index is 13.0. The molecule has 0 aromatic heterocycles. The fourth-order valence-corrected chi connectivity index (χ4v) is 3.77. The number of nitrogens with one attached hydrogen (secondary N) is 2. The van der Waals surface area contributed by atoms with E-state index in [1.54, 1.807) is 48.5 Å². The van der Waals surface area contributed by atoms with E-state index >= 15 is 0 Å². The average Bonchev–Trinajstić information content (AvgIpc) is 2.96. The maximum absolute atomic E-state index is 13.0. The molecule has 0 saturated carbocycles. The minimum atomic E-state index is -0.601. The number of imide groups is 1. The van der Waals surface area contributed by atoms with Gasteiger partial charge in [-0.25, -0.2) is 4.90 Å². The van der Waals surface area contributed by atoms with Crippen molar-refractivity contribution in [2.75, 3.05) is 15.5 Å². The largest absolute Gasteiger partial charge is 0.508 e. The number of phenols is 1. The molecule has 7 nitrogen and oxygen atoms in total. The Balaban J connectivity index is 1.50. The summed E-state index contributed by atoms with van der Waals surface area (Å²) in [5.41, 5.74) is 3.58. The number of carbonyl (C=O) groups is 3. The van der Waals surface area contributed by atoms with E-state index in [1.807, 2.05) is 19.9 Å². The molecule has 8 heteroatoms. The highest BCUT2D eigenvalue weighted by Crippen LogP contribution is 2.31. The lowest BCUT2D eigenvalue weighted by atomic mass is 10.1. The Bertz CT molecular complexity index is 1300. The van der Waals surface area contributed by atoms with Crippen molar-refractivity contribution >= 4 is 46.4 Å². The molecule has 0 radical (unpaired) electrons. The van der Waals surface area contributed by atoms with Gasteiger partial charge >= 0.3 is 0 Å². The van der Waals surface area contributed by atoms with Gasteiger partial charge in [-0.15, -0.1) is 0 Å². The van der Waals surface area contributed by atoms with Crippen LogP contribution in [-0.4, -0.2) is 22.8 Å². The van der Waals surface area contributed by atoms with Gasteiger partial charge < -0.3 is 15.7 Å². The van der Waals surface area contributed by atoms with Crippen molar-refractivity contribution < 1.29 is 19.5 Å². The van der Waals surface area contributed by atoms with Gasteiger partial charge in [-0.3, -0.25) is 14.4 Å². The minimum absolute atomic E-state index is 0.0298. The second kappa shape index (κ2) is 8.80. The molecule has 3 aromatic carbocycles. The fraction of sp³-hybridized carbons (Fsp3) is 0.0800. The van der Waals surface area contributed by atoms with Crippen molar-refractivity contribution in [2.45, 2.75) is 13.8 Å². The van der Waals surface area contributed by atoms with Gasteiger partial charge in [0.15, 0.2) is 0 Å². The minimum Gasteiger partial charge on any atom is -0.508 e. The van der Waals surface area contributed by atoms with E-state index in [-0.39, 0.29) is 22.4 Å². The Hall–Kier alpha value is -4.10. The lowest BCUT2D eigenvalue weighted by molar-refractivity contribution is -0.120. The van der Waals surface area contributed by atoms with E-state index < -0.39 is 11.8 Å². The Labute approximate surface area is 195 Å². The number of benzene rings is 3. The maximum Gasteiger partial charge on any atom is 0.283 e. The average molecular weight is 462 g/mol. The second-order valence-corrected chi connectivity index (χ2v) is 8.07. The molecule has 0 spiro atoms. The van der Waals surface area contributed by atoms with Gasteiger partial charge in [0.2, 0.25) is 0 Å². The SMILES string of the molecule is Cc1cc(C)cc(N2C(=O)C(Cl)=C(Nc3ccc(C(=O)Nc4cccc(O)c4)cc3)C2=O)c1. The van der Waals surface area contributed by atoms with Gasteiger partial charge in [0, 0.05) is 23.0 Å². The zero-order chi connectivity index (χ0) is 23.7. The summed E-state index contributed by atoms with van der Waals surface area (Å²) < 4.78 is 0. The molecule has 3 aromatic rings. The quantitative estimate of drug-likeness (QED) is 0.478. The van der Waals surface area contributed by atoms with Gasteiger partial charge in [-0.2, -0.15) is 0 Å². The topological polar surface area (TPSA) is 98.7 Å². The normalized spacial score (nSPS) is 13.5. The van der Waals surface area contributed by atoms with Gasteiger partial charge in [0.25, 0.3) is 17.7 Å². The van der Waals surface area contributed by atoms with Gasteiger partial charge in [-0.05, 0) is 73.5 Å². The summed E-state index contributed by atoms with van der Waals surface area (Å²) in [5.74, 6) is -1.47. The highest BCUT2D eigenvalue weighted by molar-refractivity contribution is 6.53. The number of nitrogens with zero attached hydrogens (tertiary/aromatic N) is 1. The van der Waals surface area contributed by atoms with Crippen molar-refractivity contribution in [3.05, 3.63) is 94.1 Å². The Morgan fingerprint density at radius 2 is 1.55 bits per heavy atom. The molecule has 3 amide bonds. The number of carbonyl (C=O) groups excluding carboxylic acids is 3. The molecule has 3 N–H and O–H groups in total. The third kappa shape index (κ3) is 4.58. The van der Waals surface area contributed by atoms with Gasteiger partial charge in [0.1, 0.15) is 16.5 Å². The fourth-order valence-electron chi connectivity index (χ4n) is 3.56. The van der Waals surface area contributed by atoms with Crippen LogP contribution in [0.2, 0.25) is 0 Å². The van der Waals surface area contributed by atoms with Crippen LogP contribution >= 0.6 is 11.6 Å². The van der Waals surface area contributed by atoms with E-state index in [4.69, 9.17) is 11.6 Å². The summed E-state index contributed by atoms with van der Waals surface area (Å²) in [6.45, 7) is 3.77. The number of halogens is 1. The zero-order valence-electron chi connectivity index (χ0n) is 17.8. The van der Waals surface area contributed by atoms with Crippen molar-refractivity contribution in [2.24, 2.45) is 0 Å². The molecule has 1 aliphatic heterocycles. The first-order valence-corrected chi connectivity index (χ1v) is 10.4. The number of aryl methyl sites for hydroxylation is 2.